The molecule has 4 heteroatoms. The van der Waals surface area contributed by atoms with E-state index in [2.05, 4.69) is 10.6 Å². The maximum atomic E-state index is 12.0. The van der Waals surface area contributed by atoms with Crippen LogP contribution in [-0.4, -0.2) is 13.0 Å². The summed E-state index contributed by atoms with van der Waals surface area (Å²) in [5.74, 6) is 0.876. The Morgan fingerprint density at radius 3 is 2.22 bits per heavy atom. The van der Waals surface area contributed by atoms with Gasteiger partial charge in [0.2, 0.25) is 5.91 Å². The number of rotatable bonds is 5. The van der Waals surface area contributed by atoms with Gasteiger partial charge in [-0.15, -0.1) is 0 Å². The lowest BCUT2D eigenvalue weighted by Crippen LogP contribution is -2.27. The minimum Gasteiger partial charge on any atom is -0.496 e. The smallest absolute Gasteiger partial charge is 0.229 e. The van der Waals surface area contributed by atoms with Crippen LogP contribution in [0.2, 0.25) is 0 Å². The predicted octanol–water partition coefficient (Wildman–Crippen LogP) is 4.29. The fourth-order valence-electron chi connectivity index (χ4n) is 2.04. The van der Waals surface area contributed by atoms with Crippen LogP contribution < -0.4 is 15.4 Å². The van der Waals surface area contributed by atoms with Crippen molar-refractivity contribution in [1.29, 1.82) is 0 Å². The van der Waals surface area contributed by atoms with Gasteiger partial charge >= 0.3 is 0 Å². The lowest BCUT2D eigenvalue weighted by Gasteiger charge is -2.18. The van der Waals surface area contributed by atoms with E-state index in [0.717, 1.165) is 22.7 Å². The Balaban J connectivity index is 1.96. The van der Waals surface area contributed by atoms with Gasteiger partial charge in [-0.05, 0) is 30.3 Å². The summed E-state index contributed by atoms with van der Waals surface area (Å²) in [5.41, 5.74) is 2.48. The second kappa shape index (κ2) is 7.18. The quantitative estimate of drug-likeness (QED) is 0.866. The molecule has 2 N–H and O–H groups in total. The van der Waals surface area contributed by atoms with Gasteiger partial charge in [-0.25, -0.2) is 0 Å². The van der Waals surface area contributed by atoms with Gasteiger partial charge in [0, 0.05) is 28.9 Å². The van der Waals surface area contributed by atoms with Crippen molar-refractivity contribution >= 4 is 17.3 Å². The van der Waals surface area contributed by atoms with Gasteiger partial charge in [-0.2, -0.15) is 0 Å². The van der Waals surface area contributed by atoms with Gasteiger partial charge in [-0.1, -0.05) is 39.0 Å². The maximum absolute atomic E-state index is 12.0. The minimum absolute atomic E-state index is 0.00670. The summed E-state index contributed by atoms with van der Waals surface area (Å²) in [6, 6.07) is 15.6. The van der Waals surface area contributed by atoms with Crippen LogP contribution in [-0.2, 0) is 11.3 Å². The third-order valence-electron chi connectivity index (χ3n) is 3.50. The first kappa shape index (κ1) is 16.9. The van der Waals surface area contributed by atoms with Gasteiger partial charge in [0.1, 0.15) is 5.75 Å². The van der Waals surface area contributed by atoms with Gasteiger partial charge in [0.25, 0.3) is 0 Å². The van der Waals surface area contributed by atoms with Crippen molar-refractivity contribution in [1.82, 2.24) is 0 Å². The summed E-state index contributed by atoms with van der Waals surface area (Å²) in [7, 11) is 1.67. The molecule has 0 saturated heterocycles. The SMILES string of the molecule is COc1ccccc1CNc1ccc(NC(=O)C(C)(C)C)cc1. The fraction of sp³-hybridized carbons (Fsp3) is 0.316. The van der Waals surface area contributed by atoms with Crippen molar-refractivity contribution in [2.75, 3.05) is 17.7 Å². The molecule has 0 radical (unpaired) electrons. The molecule has 2 aromatic rings. The molecule has 0 bridgehead atoms. The van der Waals surface area contributed by atoms with Crippen molar-refractivity contribution in [3.63, 3.8) is 0 Å². The minimum atomic E-state index is -0.402. The van der Waals surface area contributed by atoms with Crippen molar-refractivity contribution < 1.29 is 9.53 Å². The molecule has 2 rings (SSSR count). The molecule has 4 nitrogen and oxygen atoms in total. The summed E-state index contributed by atoms with van der Waals surface area (Å²) in [6.07, 6.45) is 0. The van der Waals surface area contributed by atoms with Crippen LogP contribution in [0.25, 0.3) is 0 Å². The van der Waals surface area contributed by atoms with Gasteiger partial charge in [0.05, 0.1) is 7.11 Å². The zero-order valence-corrected chi connectivity index (χ0v) is 14.1. The average molecular weight is 312 g/mol. The number of hydrogen-bond donors (Lipinski definition) is 2. The molecule has 0 unspecified atom stereocenters. The number of carbonyl (C=O) groups excluding carboxylic acids is 1. The van der Waals surface area contributed by atoms with Crippen LogP contribution in [0.3, 0.4) is 0 Å². The molecule has 0 heterocycles. The molecule has 0 aliphatic rings. The van der Waals surface area contributed by atoms with Crippen LogP contribution in [0.15, 0.2) is 48.5 Å². The lowest BCUT2D eigenvalue weighted by atomic mass is 9.95. The highest BCUT2D eigenvalue weighted by Gasteiger charge is 2.20. The van der Waals surface area contributed by atoms with E-state index in [9.17, 15) is 4.79 Å². The van der Waals surface area contributed by atoms with Crippen LogP contribution >= 0.6 is 0 Å². The monoisotopic (exact) mass is 312 g/mol. The molecule has 2 aromatic carbocycles. The number of methoxy groups -OCH3 is 1. The second-order valence-corrected chi connectivity index (χ2v) is 6.45. The average Bonchev–Trinajstić information content (AvgIpc) is 2.53. The topological polar surface area (TPSA) is 50.4 Å². The van der Waals surface area contributed by atoms with Crippen molar-refractivity contribution in [2.24, 2.45) is 5.41 Å². The van der Waals surface area contributed by atoms with Gasteiger partial charge in [0.15, 0.2) is 0 Å². The van der Waals surface area contributed by atoms with E-state index in [1.54, 1.807) is 7.11 Å². The number of ether oxygens (including phenoxy) is 1. The van der Waals surface area contributed by atoms with Crippen LogP contribution in [0, 0.1) is 5.41 Å². The third-order valence-corrected chi connectivity index (χ3v) is 3.50. The maximum Gasteiger partial charge on any atom is 0.229 e. The summed E-state index contributed by atoms with van der Waals surface area (Å²) in [5, 5.41) is 6.27. The van der Waals surface area contributed by atoms with Crippen LogP contribution in [0.4, 0.5) is 11.4 Å². The molecule has 0 aliphatic carbocycles. The van der Waals surface area contributed by atoms with Crippen molar-refractivity contribution in [3.05, 3.63) is 54.1 Å². The first-order valence-electron chi connectivity index (χ1n) is 7.67. The number of amides is 1. The van der Waals surface area contributed by atoms with Gasteiger partial charge < -0.3 is 15.4 Å². The summed E-state index contributed by atoms with van der Waals surface area (Å²) >= 11 is 0. The van der Waals surface area contributed by atoms with Crippen LogP contribution in [0.5, 0.6) is 5.75 Å². The second-order valence-electron chi connectivity index (χ2n) is 6.45. The molecular formula is C19H24N2O2. The van der Waals surface area contributed by atoms with E-state index in [4.69, 9.17) is 4.74 Å². The first-order valence-corrected chi connectivity index (χ1v) is 7.67. The molecule has 0 aromatic heterocycles. The Bertz CT molecular complexity index is 658. The van der Waals surface area contributed by atoms with Gasteiger partial charge in [-0.3, -0.25) is 4.79 Å². The van der Waals surface area contributed by atoms with Crippen LogP contribution in [0.1, 0.15) is 26.3 Å². The highest BCUT2D eigenvalue weighted by molar-refractivity contribution is 5.94. The van der Waals surface area contributed by atoms with E-state index in [-0.39, 0.29) is 5.91 Å². The Hall–Kier alpha value is -2.49. The van der Waals surface area contributed by atoms with E-state index in [0.29, 0.717) is 6.54 Å². The van der Waals surface area contributed by atoms with E-state index in [1.165, 1.54) is 0 Å². The Labute approximate surface area is 137 Å². The summed E-state index contributed by atoms with van der Waals surface area (Å²) in [4.78, 5) is 12.0. The largest absolute Gasteiger partial charge is 0.496 e. The standard InChI is InChI=1S/C19H24N2O2/c1-19(2,3)18(22)21-16-11-9-15(10-12-16)20-13-14-7-5-6-8-17(14)23-4/h5-12,20H,13H2,1-4H3,(H,21,22). The highest BCUT2D eigenvalue weighted by atomic mass is 16.5. The molecule has 1 amide bonds. The van der Waals surface area contributed by atoms with Crippen molar-refractivity contribution in [2.45, 2.75) is 27.3 Å². The Kier molecular flexibility index (Phi) is 5.27. The normalized spacial score (nSPS) is 11.0. The molecule has 0 atom stereocenters. The number of nitrogens with one attached hydrogen (secondary N) is 2. The molecule has 0 aliphatic heterocycles. The molecule has 0 spiro atoms. The predicted molar refractivity (Wildman–Crippen MR) is 94.8 cm³/mol. The van der Waals surface area contributed by atoms with E-state index < -0.39 is 5.41 Å². The Morgan fingerprint density at radius 1 is 1.00 bits per heavy atom. The summed E-state index contributed by atoms with van der Waals surface area (Å²) < 4.78 is 5.34. The highest BCUT2D eigenvalue weighted by Crippen LogP contribution is 2.21. The van der Waals surface area contributed by atoms with E-state index >= 15 is 0 Å². The lowest BCUT2D eigenvalue weighted by molar-refractivity contribution is -0.123. The number of para-hydroxylation sites is 1. The number of benzene rings is 2. The Morgan fingerprint density at radius 2 is 1.61 bits per heavy atom. The number of anilines is 2. The fourth-order valence-corrected chi connectivity index (χ4v) is 2.04. The molecule has 23 heavy (non-hydrogen) atoms. The molecular weight excluding hydrogens is 288 g/mol. The van der Waals surface area contributed by atoms with Crippen molar-refractivity contribution in [3.8, 4) is 5.75 Å². The zero-order valence-electron chi connectivity index (χ0n) is 14.1. The third kappa shape index (κ3) is 4.74. The molecule has 0 fully saturated rings. The number of hydrogen-bond acceptors (Lipinski definition) is 3. The molecule has 0 saturated carbocycles. The summed E-state index contributed by atoms with van der Waals surface area (Å²) in [6.45, 7) is 6.36. The zero-order chi connectivity index (χ0) is 16.9. The first-order chi connectivity index (χ1) is 10.9. The molecule has 122 valence electrons. The van der Waals surface area contributed by atoms with E-state index in [1.807, 2.05) is 69.3 Å². The number of carbonyl (C=O) groups is 1.